The third kappa shape index (κ3) is 6.52. The summed E-state index contributed by atoms with van der Waals surface area (Å²) in [5.41, 5.74) is 1.49. The Bertz CT molecular complexity index is 1460. The van der Waals surface area contributed by atoms with Gasteiger partial charge in [0.25, 0.3) is 15.9 Å². The molecule has 40 heavy (non-hydrogen) atoms. The van der Waals surface area contributed by atoms with Gasteiger partial charge in [-0.05, 0) is 30.7 Å². The number of aryl methyl sites for hydroxylation is 1. The molecule has 0 saturated carbocycles. The molecule has 2 N–H and O–H groups in total. The quantitative estimate of drug-likeness (QED) is 0.403. The van der Waals surface area contributed by atoms with Gasteiger partial charge < -0.3 is 24.6 Å². The Morgan fingerprint density at radius 1 is 1.25 bits per heavy atom. The standard InChI is InChI=1S/C28H35N5O6S/c1-19-14-33(20(2)17-34)28(36)23-13-22(30-26(35)12-21-8-6-5-7-9-21)10-11-24(23)39-25(19)15-32(4)40(37,38)27-16-31(3)18-29-27/h5-11,13,16,18-20,25,34H,12,14-15,17H2,1-4H3,(H,30,35)/t19-,20-,25+/m1/s1. The van der Waals surface area contributed by atoms with E-state index in [1.54, 1.807) is 41.6 Å². The Balaban J connectivity index is 1.61. The molecule has 1 aromatic heterocycles. The van der Waals surface area contributed by atoms with Gasteiger partial charge in [0, 0.05) is 38.4 Å². The van der Waals surface area contributed by atoms with Gasteiger partial charge in [0.15, 0.2) is 5.03 Å². The Morgan fingerprint density at radius 2 is 1.98 bits per heavy atom. The second kappa shape index (κ2) is 12.2. The molecule has 1 aliphatic heterocycles. The van der Waals surface area contributed by atoms with Crippen LogP contribution in [-0.2, 0) is 28.3 Å². The van der Waals surface area contributed by atoms with Crippen LogP contribution >= 0.6 is 0 Å². The van der Waals surface area contributed by atoms with Gasteiger partial charge in [-0.15, -0.1) is 0 Å². The number of aliphatic hydroxyl groups is 1. The number of imidazole rings is 1. The van der Waals surface area contributed by atoms with Crippen molar-refractivity contribution in [3.8, 4) is 5.75 Å². The van der Waals surface area contributed by atoms with Crippen LogP contribution in [0.15, 0.2) is 66.1 Å². The van der Waals surface area contributed by atoms with Crippen molar-refractivity contribution in [2.75, 3.05) is 32.1 Å². The molecule has 12 heteroatoms. The Labute approximate surface area is 234 Å². The summed E-state index contributed by atoms with van der Waals surface area (Å²) >= 11 is 0. The van der Waals surface area contributed by atoms with Crippen molar-refractivity contribution in [3.05, 3.63) is 72.2 Å². The zero-order valence-electron chi connectivity index (χ0n) is 23.0. The molecule has 2 heterocycles. The van der Waals surface area contributed by atoms with E-state index in [9.17, 15) is 23.1 Å². The summed E-state index contributed by atoms with van der Waals surface area (Å²) < 4.78 is 35.3. The minimum Gasteiger partial charge on any atom is -0.488 e. The van der Waals surface area contributed by atoms with Crippen LogP contribution in [0, 0.1) is 5.92 Å². The first-order chi connectivity index (χ1) is 19.0. The molecule has 214 valence electrons. The summed E-state index contributed by atoms with van der Waals surface area (Å²) in [4.78, 5) is 31.8. The SMILES string of the molecule is C[C@@H]1CN([C@H](C)CO)C(=O)c2cc(NC(=O)Cc3ccccc3)ccc2O[C@H]1CN(C)S(=O)(=O)c1cn(C)cn1. The van der Waals surface area contributed by atoms with Gasteiger partial charge in [-0.25, -0.2) is 13.4 Å². The maximum Gasteiger partial charge on any atom is 0.261 e. The summed E-state index contributed by atoms with van der Waals surface area (Å²) in [6.45, 7) is 3.60. The predicted octanol–water partition coefficient (Wildman–Crippen LogP) is 2.14. The number of sulfonamides is 1. The van der Waals surface area contributed by atoms with Crippen molar-refractivity contribution in [2.45, 2.75) is 37.4 Å². The number of nitrogens with zero attached hydrogens (tertiary/aromatic N) is 4. The van der Waals surface area contributed by atoms with E-state index in [-0.39, 0.29) is 60.2 Å². The number of fused-ring (bicyclic) bond motifs is 1. The van der Waals surface area contributed by atoms with Crippen LogP contribution < -0.4 is 10.1 Å². The molecular formula is C28H35N5O6S. The molecule has 0 saturated heterocycles. The number of carbonyl (C=O) groups is 2. The molecule has 0 bridgehead atoms. The molecule has 2 amide bonds. The van der Waals surface area contributed by atoms with Crippen LogP contribution in [0.2, 0.25) is 0 Å². The van der Waals surface area contributed by atoms with Gasteiger partial charge in [-0.3, -0.25) is 9.59 Å². The predicted molar refractivity (Wildman–Crippen MR) is 149 cm³/mol. The van der Waals surface area contributed by atoms with Crippen molar-refractivity contribution >= 4 is 27.5 Å². The van der Waals surface area contributed by atoms with Crippen LogP contribution in [0.1, 0.15) is 29.8 Å². The van der Waals surface area contributed by atoms with Gasteiger partial charge in [-0.2, -0.15) is 4.31 Å². The highest BCUT2D eigenvalue weighted by Crippen LogP contribution is 2.31. The van der Waals surface area contributed by atoms with E-state index in [4.69, 9.17) is 4.74 Å². The first-order valence-corrected chi connectivity index (χ1v) is 14.4. The molecule has 0 spiro atoms. The van der Waals surface area contributed by atoms with Crippen LogP contribution in [0.25, 0.3) is 0 Å². The van der Waals surface area contributed by atoms with E-state index >= 15 is 0 Å². The third-order valence-electron chi connectivity index (χ3n) is 6.95. The van der Waals surface area contributed by atoms with Crippen molar-refractivity contribution in [3.63, 3.8) is 0 Å². The average Bonchev–Trinajstić information content (AvgIpc) is 3.38. The number of ether oxygens (including phenoxy) is 1. The van der Waals surface area contributed by atoms with Crippen molar-refractivity contribution in [1.29, 1.82) is 0 Å². The molecule has 3 aromatic rings. The van der Waals surface area contributed by atoms with Gasteiger partial charge in [0.1, 0.15) is 11.9 Å². The van der Waals surface area contributed by atoms with E-state index in [2.05, 4.69) is 10.3 Å². The molecule has 0 radical (unpaired) electrons. The normalized spacial score (nSPS) is 18.4. The zero-order valence-corrected chi connectivity index (χ0v) is 23.8. The second-order valence-electron chi connectivity index (χ2n) is 10.2. The highest BCUT2D eigenvalue weighted by Gasteiger charge is 2.35. The number of likely N-dealkylation sites (N-methyl/N-ethyl adjacent to an activating group) is 1. The number of hydrogen-bond acceptors (Lipinski definition) is 7. The number of rotatable bonds is 9. The number of carbonyl (C=O) groups excluding carboxylic acids is 2. The van der Waals surface area contributed by atoms with Crippen molar-refractivity contribution in [1.82, 2.24) is 18.8 Å². The highest BCUT2D eigenvalue weighted by atomic mass is 32.2. The molecular weight excluding hydrogens is 534 g/mol. The molecule has 0 aliphatic carbocycles. The molecule has 1 aliphatic rings. The number of nitrogens with one attached hydrogen (secondary N) is 1. The Morgan fingerprint density at radius 3 is 2.62 bits per heavy atom. The average molecular weight is 570 g/mol. The largest absolute Gasteiger partial charge is 0.488 e. The monoisotopic (exact) mass is 569 g/mol. The summed E-state index contributed by atoms with van der Waals surface area (Å²) in [5, 5.41) is 12.6. The van der Waals surface area contributed by atoms with Crippen LogP contribution in [0.4, 0.5) is 5.69 Å². The van der Waals surface area contributed by atoms with Crippen LogP contribution in [-0.4, -0.2) is 83.0 Å². The fourth-order valence-corrected chi connectivity index (χ4v) is 5.68. The number of amides is 2. The van der Waals surface area contributed by atoms with E-state index in [1.165, 1.54) is 23.9 Å². The number of aliphatic hydroxyl groups excluding tert-OH is 1. The molecule has 11 nitrogen and oxygen atoms in total. The van der Waals surface area contributed by atoms with E-state index in [1.807, 2.05) is 37.3 Å². The second-order valence-corrected chi connectivity index (χ2v) is 12.2. The van der Waals surface area contributed by atoms with Crippen LogP contribution in [0.3, 0.4) is 0 Å². The maximum absolute atomic E-state index is 13.6. The highest BCUT2D eigenvalue weighted by molar-refractivity contribution is 7.89. The molecule has 0 fully saturated rings. The lowest BCUT2D eigenvalue weighted by Gasteiger charge is -2.38. The topological polar surface area (TPSA) is 134 Å². The van der Waals surface area contributed by atoms with Gasteiger partial charge in [0.2, 0.25) is 5.91 Å². The minimum absolute atomic E-state index is 0.00458. The fourth-order valence-electron chi connectivity index (χ4n) is 4.54. The first-order valence-electron chi connectivity index (χ1n) is 13.0. The summed E-state index contributed by atoms with van der Waals surface area (Å²) in [6, 6.07) is 13.6. The molecule has 4 rings (SSSR count). The van der Waals surface area contributed by atoms with Crippen LogP contribution in [0.5, 0.6) is 5.75 Å². The van der Waals surface area contributed by atoms with E-state index in [0.29, 0.717) is 5.69 Å². The van der Waals surface area contributed by atoms with Crippen molar-refractivity contribution in [2.24, 2.45) is 13.0 Å². The van der Waals surface area contributed by atoms with E-state index in [0.717, 1.165) is 5.56 Å². The molecule has 2 aromatic carbocycles. The maximum atomic E-state index is 13.6. The number of anilines is 1. The number of benzene rings is 2. The lowest BCUT2D eigenvalue weighted by atomic mass is 9.99. The minimum atomic E-state index is -3.88. The third-order valence-corrected chi connectivity index (χ3v) is 8.66. The molecule has 0 unspecified atom stereocenters. The Hall–Kier alpha value is -3.74. The molecule has 3 atom stereocenters. The fraction of sp³-hybridized carbons (Fsp3) is 0.393. The smallest absolute Gasteiger partial charge is 0.261 e. The van der Waals surface area contributed by atoms with Gasteiger partial charge >= 0.3 is 0 Å². The lowest BCUT2D eigenvalue weighted by Crippen LogP contribution is -2.50. The van der Waals surface area contributed by atoms with E-state index < -0.39 is 22.2 Å². The zero-order chi connectivity index (χ0) is 29.0. The number of hydrogen-bond donors (Lipinski definition) is 2. The van der Waals surface area contributed by atoms with Crippen molar-refractivity contribution < 1.29 is 27.9 Å². The Kier molecular flexibility index (Phi) is 8.92. The first kappa shape index (κ1) is 29.2. The van der Waals surface area contributed by atoms with Gasteiger partial charge in [0.05, 0.1) is 37.5 Å². The number of aromatic nitrogens is 2. The summed E-state index contributed by atoms with van der Waals surface area (Å²) in [5.74, 6) is -0.603. The summed E-state index contributed by atoms with van der Waals surface area (Å²) in [7, 11) is -0.725. The summed E-state index contributed by atoms with van der Waals surface area (Å²) in [6.07, 6.45) is 2.40. The van der Waals surface area contributed by atoms with Gasteiger partial charge in [-0.1, -0.05) is 37.3 Å². The lowest BCUT2D eigenvalue weighted by molar-refractivity contribution is -0.115.